The van der Waals surface area contributed by atoms with Crippen LogP contribution in [0.1, 0.15) is 11.1 Å². The second kappa shape index (κ2) is 7.54. The first kappa shape index (κ1) is 17.9. The smallest absolute Gasteiger partial charge is 0.246 e. The van der Waals surface area contributed by atoms with E-state index in [0.29, 0.717) is 17.8 Å². The van der Waals surface area contributed by atoms with Crippen LogP contribution in [0.2, 0.25) is 5.02 Å². The maximum absolute atomic E-state index is 13.9. The van der Waals surface area contributed by atoms with Gasteiger partial charge in [0.2, 0.25) is 11.8 Å². The van der Waals surface area contributed by atoms with Gasteiger partial charge in [0, 0.05) is 23.7 Å². The van der Waals surface area contributed by atoms with Crippen molar-refractivity contribution in [3.63, 3.8) is 0 Å². The van der Waals surface area contributed by atoms with Gasteiger partial charge in [-0.1, -0.05) is 29.8 Å². The molecule has 1 saturated heterocycles. The topological polar surface area (TPSA) is 64.4 Å². The minimum Gasteiger partial charge on any atom is -0.331 e. The maximum Gasteiger partial charge on any atom is 0.246 e. The molecule has 0 unspecified atom stereocenters. The van der Waals surface area contributed by atoms with E-state index in [1.165, 1.54) is 28.0 Å². The van der Waals surface area contributed by atoms with Crippen molar-refractivity contribution in [3.05, 3.63) is 64.4 Å². The molecule has 0 saturated carbocycles. The number of benzene rings is 2. The number of carbonyl (C=O) groups is 2. The van der Waals surface area contributed by atoms with Gasteiger partial charge < -0.3 is 9.80 Å². The van der Waals surface area contributed by atoms with Gasteiger partial charge in [-0.3, -0.25) is 9.59 Å². The summed E-state index contributed by atoms with van der Waals surface area (Å²) in [5, 5.41) is 9.38. The Morgan fingerprint density at radius 2 is 1.96 bits per heavy atom. The molecule has 2 aromatic carbocycles. The van der Waals surface area contributed by atoms with Crippen molar-refractivity contribution in [2.75, 3.05) is 24.5 Å². The average Bonchev–Trinajstić information content (AvgIpc) is 2.64. The molecule has 0 atom stereocenters. The predicted molar refractivity (Wildman–Crippen MR) is 95.2 cm³/mol. The molecular weight excluding hydrogens is 357 g/mol. The zero-order valence-electron chi connectivity index (χ0n) is 13.8. The van der Waals surface area contributed by atoms with Crippen molar-refractivity contribution in [1.29, 1.82) is 5.26 Å². The Bertz CT molecular complexity index is 890. The lowest BCUT2D eigenvalue weighted by Crippen LogP contribution is -2.53. The van der Waals surface area contributed by atoms with Crippen LogP contribution in [0.3, 0.4) is 0 Å². The monoisotopic (exact) mass is 371 g/mol. The van der Waals surface area contributed by atoms with E-state index in [0.717, 1.165) is 0 Å². The molecule has 0 N–H and O–H groups in total. The highest BCUT2D eigenvalue weighted by Gasteiger charge is 2.29. The molecule has 0 bridgehead atoms. The number of carbonyl (C=O) groups excluding carboxylic acids is 2. The Morgan fingerprint density at radius 3 is 2.65 bits per heavy atom. The fourth-order valence-electron chi connectivity index (χ4n) is 2.91. The van der Waals surface area contributed by atoms with E-state index >= 15 is 0 Å². The van der Waals surface area contributed by atoms with Crippen molar-refractivity contribution in [1.82, 2.24) is 4.90 Å². The molecule has 2 aromatic rings. The number of anilines is 1. The van der Waals surface area contributed by atoms with Gasteiger partial charge in [-0.25, -0.2) is 4.39 Å². The fourth-order valence-corrected chi connectivity index (χ4v) is 3.14. The van der Waals surface area contributed by atoms with Gasteiger partial charge in [0.05, 0.1) is 17.7 Å². The quantitative estimate of drug-likeness (QED) is 0.833. The number of rotatable bonds is 3. The Morgan fingerprint density at radius 1 is 1.19 bits per heavy atom. The number of hydrogen-bond acceptors (Lipinski definition) is 3. The highest BCUT2D eigenvalue weighted by Crippen LogP contribution is 2.23. The van der Waals surface area contributed by atoms with Crippen LogP contribution in [0.25, 0.3) is 0 Å². The van der Waals surface area contributed by atoms with Crippen LogP contribution in [-0.4, -0.2) is 36.3 Å². The SMILES string of the molecule is N#Cc1ccccc1N1CCN(C(=O)Cc2c(F)cccc2Cl)CC1=O. The minimum absolute atomic E-state index is 0.120. The zero-order valence-corrected chi connectivity index (χ0v) is 14.5. The van der Waals surface area contributed by atoms with Crippen LogP contribution < -0.4 is 4.90 Å². The molecule has 3 rings (SSSR count). The van der Waals surface area contributed by atoms with Crippen LogP contribution >= 0.6 is 11.6 Å². The second-order valence-corrected chi connectivity index (χ2v) is 6.27. The molecule has 132 valence electrons. The summed E-state index contributed by atoms with van der Waals surface area (Å²) < 4.78 is 13.9. The molecule has 0 radical (unpaired) electrons. The molecule has 1 heterocycles. The number of hydrogen-bond donors (Lipinski definition) is 0. The third-order valence-corrected chi connectivity index (χ3v) is 4.63. The van der Waals surface area contributed by atoms with Gasteiger partial charge in [-0.15, -0.1) is 0 Å². The summed E-state index contributed by atoms with van der Waals surface area (Å²) in [4.78, 5) is 27.8. The number of piperazine rings is 1. The summed E-state index contributed by atoms with van der Waals surface area (Å²) in [5.74, 6) is -1.19. The minimum atomic E-state index is -0.543. The normalized spacial score (nSPS) is 14.3. The Hall–Kier alpha value is -2.91. The molecule has 1 aliphatic rings. The lowest BCUT2D eigenvalue weighted by molar-refractivity contribution is -0.136. The van der Waals surface area contributed by atoms with E-state index in [4.69, 9.17) is 11.6 Å². The van der Waals surface area contributed by atoms with Crippen molar-refractivity contribution < 1.29 is 14.0 Å². The number of nitriles is 1. The maximum atomic E-state index is 13.9. The van der Waals surface area contributed by atoms with Gasteiger partial charge in [0.25, 0.3) is 0 Å². The lowest BCUT2D eigenvalue weighted by Gasteiger charge is -2.34. The van der Waals surface area contributed by atoms with E-state index in [9.17, 15) is 19.2 Å². The number of halogens is 2. The summed E-state index contributed by atoms with van der Waals surface area (Å²) in [6.07, 6.45) is -0.201. The average molecular weight is 372 g/mol. The number of nitrogens with zero attached hydrogens (tertiary/aromatic N) is 3. The van der Waals surface area contributed by atoms with Crippen LogP contribution in [0.4, 0.5) is 10.1 Å². The summed E-state index contributed by atoms with van der Waals surface area (Å²) in [6, 6.07) is 13.1. The van der Waals surface area contributed by atoms with E-state index in [1.807, 2.05) is 0 Å². The third kappa shape index (κ3) is 3.53. The Kier molecular flexibility index (Phi) is 5.19. The van der Waals surface area contributed by atoms with E-state index in [2.05, 4.69) is 6.07 Å². The summed E-state index contributed by atoms with van der Waals surface area (Å²) in [6.45, 7) is 0.454. The molecule has 1 fully saturated rings. The Balaban J connectivity index is 1.72. The molecule has 1 aliphatic heterocycles. The molecule has 0 aliphatic carbocycles. The Labute approximate surface area is 155 Å². The summed E-state index contributed by atoms with van der Waals surface area (Å²) in [7, 11) is 0. The largest absolute Gasteiger partial charge is 0.331 e. The molecule has 7 heteroatoms. The van der Waals surface area contributed by atoms with Gasteiger partial charge >= 0.3 is 0 Å². The van der Waals surface area contributed by atoms with Crippen LogP contribution in [-0.2, 0) is 16.0 Å². The lowest BCUT2D eigenvalue weighted by atomic mass is 10.1. The molecule has 26 heavy (non-hydrogen) atoms. The fraction of sp³-hybridized carbons (Fsp3) is 0.211. The molecule has 0 spiro atoms. The molecule has 5 nitrogen and oxygen atoms in total. The highest BCUT2D eigenvalue weighted by atomic mass is 35.5. The first-order chi connectivity index (χ1) is 12.5. The van der Waals surface area contributed by atoms with Crippen molar-refractivity contribution in [3.8, 4) is 6.07 Å². The van der Waals surface area contributed by atoms with E-state index in [1.54, 1.807) is 24.3 Å². The van der Waals surface area contributed by atoms with Gasteiger partial charge in [-0.2, -0.15) is 5.26 Å². The molecule has 0 aromatic heterocycles. The molecular formula is C19H15ClFN3O2. The van der Waals surface area contributed by atoms with E-state index < -0.39 is 5.82 Å². The highest BCUT2D eigenvalue weighted by molar-refractivity contribution is 6.31. The zero-order chi connectivity index (χ0) is 18.7. The van der Waals surface area contributed by atoms with Crippen molar-refractivity contribution >= 4 is 29.1 Å². The first-order valence-corrected chi connectivity index (χ1v) is 8.39. The number of amides is 2. The van der Waals surface area contributed by atoms with Crippen molar-refractivity contribution in [2.45, 2.75) is 6.42 Å². The summed E-state index contributed by atoms with van der Waals surface area (Å²) in [5.41, 5.74) is 1.06. The van der Waals surface area contributed by atoms with Crippen LogP contribution in [0.5, 0.6) is 0 Å². The van der Waals surface area contributed by atoms with Gasteiger partial charge in [0.15, 0.2) is 0 Å². The van der Waals surface area contributed by atoms with E-state index in [-0.39, 0.29) is 41.9 Å². The van der Waals surface area contributed by atoms with Crippen LogP contribution in [0, 0.1) is 17.1 Å². The van der Waals surface area contributed by atoms with Gasteiger partial charge in [0.1, 0.15) is 18.4 Å². The third-order valence-electron chi connectivity index (χ3n) is 4.28. The second-order valence-electron chi connectivity index (χ2n) is 5.87. The standard InChI is InChI=1S/C19H15ClFN3O2/c20-15-5-3-6-16(21)14(15)10-18(25)23-8-9-24(19(26)12-23)17-7-2-1-4-13(17)11-22/h1-7H,8-10,12H2. The first-order valence-electron chi connectivity index (χ1n) is 8.01. The van der Waals surface area contributed by atoms with Gasteiger partial charge in [-0.05, 0) is 24.3 Å². The van der Waals surface area contributed by atoms with Crippen LogP contribution in [0.15, 0.2) is 42.5 Å². The predicted octanol–water partition coefficient (Wildman–Crippen LogP) is 2.77. The van der Waals surface area contributed by atoms with Crippen molar-refractivity contribution in [2.24, 2.45) is 0 Å². The molecule has 2 amide bonds. The summed E-state index contributed by atoms with van der Waals surface area (Å²) >= 11 is 5.96. The number of para-hydroxylation sites is 1.